The number of benzene rings is 3. The first-order valence-corrected chi connectivity index (χ1v) is 14.8. The van der Waals surface area contributed by atoms with E-state index in [0.29, 0.717) is 28.6 Å². The van der Waals surface area contributed by atoms with Gasteiger partial charge in [0.25, 0.3) is 5.69 Å². The van der Waals surface area contributed by atoms with E-state index in [2.05, 4.69) is 5.32 Å². The molecule has 0 bridgehead atoms. The molecule has 1 aliphatic rings. The van der Waals surface area contributed by atoms with Crippen molar-refractivity contribution in [1.29, 1.82) is 0 Å². The Bertz CT molecular complexity index is 1500. The zero-order valence-corrected chi connectivity index (χ0v) is 24.6. The minimum absolute atomic E-state index is 0.0813. The van der Waals surface area contributed by atoms with E-state index in [1.807, 2.05) is 43.3 Å². The number of nitro benzene ring substituents is 1. The van der Waals surface area contributed by atoms with Crippen LogP contribution in [0.4, 0.5) is 5.69 Å². The van der Waals surface area contributed by atoms with E-state index in [1.54, 1.807) is 49.9 Å². The highest BCUT2D eigenvalue weighted by atomic mass is 32.2. The number of nitrogens with one attached hydrogen (secondary N) is 1. The van der Waals surface area contributed by atoms with Gasteiger partial charge in [0.15, 0.2) is 5.17 Å². The highest BCUT2D eigenvalue weighted by molar-refractivity contribution is 8.13. The third-order valence-corrected chi connectivity index (χ3v) is 7.62. The van der Waals surface area contributed by atoms with Crippen molar-refractivity contribution < 1.29 is 24.0 Å². The standard InChI is InChI=1S/C32H33N3O6S/c1-4-40-30(36)26-10-6-9-25(20-26)23-13-15-24(16-14-23)29-28(31(37)41-5-2)21(3)33-32(34-29)42-19-7-8-22-11-17-27(18-12-22)35(38)39/h6,9-18,20,29H,4-5,7-8,19H2,1-3H3,(H,33,34). The molecule has 42 heavy (non-hydrogen) atoms. The number of hydrogen-bond donors (Lipinski definition) is 1. The molecule has 0 aromatic heterocycles. The Morgan fingerprint density at radius 2 is 1.64 bits per heavy atom. The number of carbonyl (C=O) groups is 2. The predicted octanol–water partition coefficient (Wildman–Crippen LogP) is 6.64. The minimum atomic E-state index is -0.539. The molecule has 0 radical (unpaired) electrons. The molecule has 4 rings (SSSR count). The summed E-state index contributed by atoms with van der Waals surface area (Å²) in [6, 6.07) is 21.1. The van der Waals surface area contributed by atoms with Gasteiger partial charge in [0.1, 0.15) is 6.04 Å². The van der Waals surface area contributed by atoms with Crippen molar-refractivity contribution in [2.75, 3.05) is 19.0 Å². The van der Waals surface area contributed by atoms with Crippen LogP contribution in [-0.2, 0) is 20.7 Å². The molecule has 0 fully saturated rings. The first-order valence-electron chi connectivity index (χ1n) is 13.8. The maximum Gasteiger partial charge on any atom is 0.338 e. The molecule has 0 saturated carbocycles. The van der Waals surface area contributed by atoms with Gasteiger partial charge >= 0.3 is 11.9 Å². The number of aryl methyl sites for hydroxylation is 1. The quantitative estimate of drug-likeness (QED) is 0.115. The summed E-state index contributed by atoms with van der Waals surface area (Å²) in [5, 5.41) is 14.8. The maximum absolute atomic E-state index is 12.9. The molecule has 0 aliphatic carbocycles. The molecule has 1 unspecified atom stereocenters. The summed E-state index contributed by atoms with van der Waals surface area (Å²) >= 11 is 1.56. The summed E-state index contributed by atoms with van der Waals surface area (Å²) < 4.78 is 10.5. The Hall–Kier alpha value is -4.44. The van der Waals surface area contributed by atoms with Crippen molar-refractivity contribution >= 4 is 34.6 Å². The number of nitrogens with zero attached hydrogens (tertiary/aromatic N) is 2. The number of carbonyl (C=O) groups excluding carboxylic acids is 2. The van der Waals surface area contributed by atoms with Crippen LogP contribution in [0.15, 0.2) is 89.1 Å². The van der Waals surface area contributed by atoms with E-state index in [9.17, 15) is 19.7 Å². The second-order valence-electron chi connectivity index (χ2n) is 9.52. The van der Waals surface area contributed by atoms with Crippen LogP contribution in [-0.4, -0.2) is 41.0 Å². The number of allylic oxidation sites excluding steroid dienone is 1. The smallest absolute Gasteiger partial charge is 0.338 e. The summed E-state index contributed by atoms with van der Waals surface area (Å²) in [5.41, 5.74) is 5.39. The van der Waals surface area contributed by atoms with Crippen LogP contribution in [0.25, 0.3) is 11.1 Å². The van der Waals surface area contributed by atoms with Crippen molar-refractivity contribution in [2.45, 2.75) is 39.7 Å². The van der Waals surface area contributed by atoms with Crippen molar-refractivity contribution in [3.05, 3.63) is 111 Å². The molecule has 1 aliphatic heterocycles. The number of ether oxygens (including phenoxy) is 2. The molecule has 1 atom stereocenters. The lowest BCUT2D eigenvalue weighted by molar-refractivity contribution is -0.384. The Labute approximate surface area is 249 Å². The van der Waals surface area contributed by atoms with Crippen LogP contribution in [0.5, 0.6) is 0 Å². The van der Waals surface area contributed by atoms with Gasteiger partial charge in [-0.1, -0.05) is 60.3 Å². The average Bonchev–Trinajstić information content (AvgIpc) is 2.99. The van der Waals surface area contributed by atoms with Crippen LogP contribution in [0.2, 0.25) is 0 Å². The number of amidine groups is 1. The van der Waals surface area contributed by atoms with Gasteiger partial charge in [0.2, 0.25) is 0 Å². The van der Waals surface area contributed by atoms with Gasteiger partial charge in [-0.15, -0.1) is 0 Å². The molecule has 3 aromatic rings. The Morgan fingerprint density at radius 3 is 2.31 bits per heavy atom. The molecule has 10 heteroatoms. The number of nitro groups is 1. The van der Waals surface area contributed by atoms with E-state index >= 15 is 0 Å². The lowest BCUT2D eigenvalue weighted by Crippen LogP contribution is -2.30. The lowest BCUT2D eigenvalue weighted by Gasteiger charge is -2.26. The summed E-state index contributed by atoms with van der Waals surface area (Å²) in [6.07, 6.45) is 1.63. The molecule has 1 N–H and O–H groups in total. The number of thioether (sulfide) groups is 1. The van der Waals surface area contributed by atoms with E-state index in [-0.39, 0.29) is 18.3 Å². The fraction of sp³-hybridized carbons (Fsp3) is 0.281. The van der Waals surface area contributed by atoms with Crippen molar-refractivity contribution in [2.24, 2.45) is 4.99 Å². The predicted molar refractivity (Wildman–Crippen MR) is 164 cm³/mol. The highest BCUT2D eigenvalue weighted by Gasteiger charge is 2.30. The van der Waals surface area contributed by atoms with Crippen LogP contribution in [0, 0.1) is 10.1 Å². The normalized spacial score (nSPS) is 14.5. The van der Waals surface area contributed by atoms with E-state index in [4.69, 9.17) is 14.5 Å². The van der Waals surface area contributed by atoms with E-state index in [1.165, 1.54) is 12.1 Å². The largest absolute Gasteiger partial charge is 0.463 e. The van der Waals surface area contributed by atoms with Crippen LogP contribution < -0.4 is 5.32 Å². The first-order chi connectivity index (χ1) is 20.3. The van der Waals surface area contributed by atoms with Gasteiger partial charge in [-0.05, 0) is 68.0 Å². The van der Waals surface area contributed by atoms with Gasteiger partial charge < -0.3 is 14.8 Å². The number of aliphatic imine (C=N–C) groups is 1. The Kier molecular flexibility index (Phi) is 10.5. The summed E-state index contributed by atoms with van der Waals surface area (Å²) in [5.74, 6) is -0.00464. The van der Waals surface area contributed by atoms with Crippen molar-refractivity contribution in [1.82, 2.24) is 5.32 Å². The van der Waals surface area contributed by atoms with Crippen molar-refractivity contribution in [3.8, 4) is 11.1 Å². The number of hydrogen-bond acceptors (Lipinski definition) is 9. The summed E-state index contributed by atoms with van der Waals surface area (Å²) in [6.45, 7) is 5.96. The monoisotopic (exact) mass is 587 g/mol. The lowest BCUT2D eigenvalue weighted by atomic mass is 9.94. The second kappa shape index (κ2) is 14.5. The number of rotatable bonds is 11. The van der Waals surface area contributed by atoms with Crippen LogP contribution >= 0.6 is 11.8 Å². The van der Waals surface area contributed by atoms with E-state index in [0.717, 1.165) is 40.8 Å². The fourth-order valence-corrected chi connectivity index (χ4v) is 5.45. The number of non-ortho nitro benzene ring substituents is 1. The summed E-state index contributed by atoms with van der Waals surface area (Å²) in [4.78, 5) is 40.5. The second-order valence-corrected chi connectivity index (χ2v) is 10.6. The third-order valence-electron chi connectivity index (χ3n) is 6.64. The molecule has 218 valence electrons. The molecule has 9 nitrogen and oxygen atoms in total. The van der Waals surface area contributed by atoms with Crippen LogP contribution in [0.1, 0.15) is 54.7 Å². The highest BCUT2D eigenvalue weighted by Crippen LogP contribution is 2.34. The Balaban J connectivity index is 1.50. The molecule has 1 heterocycles. The van der Waals surface area contributed by atoms with Crippen LogP contribution in [0.3, 0.4) is 0 Å². The maximum atomic E-state index is 12.9. The first kappa shape index (κ1) is 30.5. The molecular formula is C32H33N3O6S. The Morgan fingerprint density at radius 1 is 0.952 bits per heavy atom. The van der Waals surface area contributed by atoms with Gasteiger partial charge in [-0.3, -0.25) is 10.1 Å². The zero-order chi connectivity index (χ0) is 30.1. The van der Waals surface area contributed by atoms with Gasteiger partial charge in [0.05, 0.1) is 29.3 Å². The topological polar surface area (TPSA) is 120 Å². The molecule has 3 aromatic carbocycles. The SMILES string of the molecule is CCOC(=O)C1=C(C)NC(SCCCc2ccc([N+](=O)[O-])cc2)=NC1c1ccc(-c2cccc(C(=O)OCC)c2)cc1. The van der Waals surface area contributed by atoms with Gasteiger partial charge in [-0.25, -0.2) is 14.6 Å². The fourth-order valence-electron chi connectivity index (χ4n) is 4.56. The van der Waals surface area contributed by atoms with E-state index < -0.39 is 16.9 Å². The molecule has 0 spiro atoms. The van der Waals surface area contributed by atoms with Crippen molar-refractivity contribution in [3.63, 3.8) is 0 Å². The molecule has 0 saturated heterocycles. The zero-order valence-electron chi connectivity index (χ0n) is 23.8. The minimum Gasteiger partial charge on any atom is -0.463 e. The summed E-state index contributed by atoms with van der Waals surface area (Å²) in [7, 11) is 0. The van der Waals surface area contributed by atoms with Gasteiger partial charge in [0, 0.05) is 23.6 Å². The molecular weight excluding hydrogens is 554 g/mol. The average molecular weight is 588 g/mol. The van der Waals surface area contributed by atoms with Gasteiger partial charge in [-0.2, -0.15) is 0 Å². The number of esters is 2. The third kappa shape index (κ3) is 7.64. The molecule has 0 amide bonds.